The molecule has 1 unspecified atom stereocenters. The van der Waals surface area contributed by atoms with Crippen LogP contribution < -0.4 is 5.73 Å². The number of nitrogens with two attached hydrogens (primary N) is 1. The van der Waals surface area contributed by atoms with Gasteiger partial charge in [-0.15, -0.1) is 0 Å². The zero-order chi connectivity index (χ0) is 13.3. The molecular formula is C13H12BrFN2O. The van der Waals surface area contributed by atoms with Crippen LogP contribution in [0.2, 0.25) is 0 Å². The van der Waals surface area contributed by atoms with E-state index < -0.39 is 11.9 Å². The molecule has 3 N–H and O–H groups in total. The molecule has 3 nitrogen and oxygen atoms in total. The van der Waals surface area contributed by atoms with E-state index in [4.69, 9.17) is 5.73 Å². The second-order valence-corrected chi connectivity index (χ2v) is 5.01. The summed E-state index contributed by atoms with van der Waals surface area (Å²) in [5.41, 5.74) is 7.52. The molecule has 0 radical (unpaired) electrons. The van der Waals surface area contributed by atoms with Gasteiger partial charge in [0.2, 0.25) is 0 Å². The molecule has 1 aromatic carbocycles. The minimum atomic E-state index is -0.996. The van der Waals surface area contributed by atoms with Gasteiger partial charge in [0.05, 0.1) is 0 Å². The van der Waals surface area contributed by atoms with Crippen LogP contribution >= 0.6 is 15.9 Å². The van der Waals surface area contributed by atoms with E-state index in [9.17, 15) is 9.50 Å². The molecule has 0 amide bonds. The lowest BCUT2D eigenvalue weighted by Gasteiger charge is -2.14. The number of aliphatic hydroxyl groups is 1. The zero-order valence-corrected chi connectivity index (χ0v) is 11.3. The second-order valence-electron chi connectivity index (χ2n) is 4.09. The smallest absolute Gasteiger partial charge is 0.129 e. The Morgan fingerprint density at radius 2 is 2.06 bits per heavy atom. The lowest BCUT2D eigenvalue weighted by atomic mass is 10.0. The topological polar surface area (TPSA) is 59.1 Å². The third kappa shape index (κ3) is 2.68. The van der Waals surface area contributed by atoms with Crippen molar-refractivity contribution in [2.75, 3.05) is 5.73 Å². The molecule has 1 heterocycles. The van der Waals surface area contributed by atoms with E-state index in [2.05, 4.69) is 20.9 Å². The van der Waals surface area contributed by atoms with Gasteiger partial charge in [0.15, 0.2) is 0 Å². The van der Waals surface area contributed by atoms with Crippen LogP contribution in [0.3, 0.4) is 0 Å². The van der Waals surface area contributed by atoms with Gasteiger partial charge in [-0.25, -0.2) is 9.37 Å². The highest BCUT2D eigenvalue weighted by molar-refractivity contribution is 9.10. The molecule has 0 saturated carbocycles. The molecule has 1 atom stereocenters. The number of hydrogen-bond donors (Lipinski definition) is 2. The minimum absolute atomic E-state index is 0.244. The average molecular weight is 311 g/mol. The Labute approximate surface area is 113 Å². The number of benzene rings is 1. The Bertz CT molecular complexity index is 569. The molecule has 94 valence electrons. The van der Waals surface area contributed by atoms with Crippen LogP contribution in [-0.2, 0) is 0 Å². The first-order valence-corrected chi connectivity index (χ1v) is 6.13. The lowest BCUT2D eigenvalue weighted by molar-refractivity contribution is 0.220. The summed E-state index contributed by atoms with van der Waals surface area (Å²) < 4.78 is 13.9. The summed E-state index contributed by atoms with van der Waals surface area (Å²) in [7, 11) is 0. The molecule has 0 aliphatic heterocycles. The van der Waals surface area contributed by atoms with Crippen LogP contribution in [0, 0.1) is 12.7 Å². The maximum Gasteiger partial charge on any atom is 0.129 e. The molecule has 2 aromatic rings. The van der Waals surface area contributed by atoms with Crippen LogP contribution in [0.25, 0.3) is 0 Å². The third-order valence-electron chi connectivity index (χ3n) is 2.58. The fourth-order valence-corrected chi connectivity index (χ4v) is 2.22. The van der Waals surface area contributed by atoms with Crippen molar-refractivity contribution in [1.29, 1.82) is 0 Å². The number of nitrogens with zero attached hydrogens (tertiary/aromatic N) is 1. The fraction of sp³-hybridized carbons (Fsp3) is 0.154. The number of pyridine rings is 1. The predicted octanol–water partition coefficient (Wildman–Crippen LogP) is 2.96. The van der Waals surface area contributed by atoms with Gasteiger partial charge in [-0.05, 0) is 42.3 Å². The second kappa shape index (κ2) is 5.04. The van der Waals surface area contributed by atoms with Crippen molar-refractivity contribution in [3.05, 3.63) is 57.4 Å². The molecule has 0 bridgehead atoms. The van der Waals surface area contributed by atoms with Gasteiger partial charge in [0.25, 0.3) is 0 Å². The number of aryl methyl sites for hydroxylation is 1. The maximum absolute atomic E-state index is 13.3. The largest absolute Gasteiger partial charge is 0.384 e. The number of hydrogen-bond acceptors (Lipinski definition) is 3. The highest BCUT2D eigenvalue weighted by Crippen LogP contribution is 2.28. The van der Waals surface area contributed by atoms with E-state index >= 15 is 0 Å². The van der Waals surface area contributed by atoms with Crippen molar-refractivity contribution in [2.45, 2.75) is 13.0 Å². The van der Waals surface area contributed by atoms with E-state index in [0.717, 1.165) is 5.56 Å². The van der Waals surface area contributed by atoms with E-state index in [1.165, 1.54) is 12.1 Å². The van der Waals surface area contributed by atoms with Crippen LogP contribution in [0.1, 0.15) is 22.8 Å². The maximum atomic E-state index is 13.3. The van der Waals surface area contributed by atoms with E-state index in [0.29, 0.717) is 15.6 Å². The van der Waals surface area contributed by atoms with Gasteiger partial charge >= 0.3 is 0 Å². The Balaban J connectivity index is 2.47. The molecule has 0 aliphatic rings. The third-order valence-corrected chi connectivity index (χ3v) is 3.04. The summed E-state index contributed by atoms with van der Waals surface area (Å²) in [5.74, 6) is -0.175. The number of nitrogen functional groups attached to an aromatic ring is 1. The van der Waals surface area contributed by atoms with E-state index in [1.807, 2.05) is 6.92 Å². The van der Waals surface area contributed by atoms with Gasteiger partial charge in [0, 0.05) is 16.2 Å². The highest BCUT2D eigenvalue weighted by Gasteiger charge is 2.16. The molecule has 1 aromatic heterocycles. The van der Waals surface area contributed by atoms with Crippen LogP contribution in [0.4, 0.5) is 10.2 Å². The average Bonchev–Trinajstić information content (AvgIpc) is 2.30. The predicted molar refractivity (Wildman–Crippen MR) is 71.5 cm³/mol. The monoisotopic (exact) mass is 310 g/mol. The molecule has 0 saturated heterocycles. The highest BCUT2D eigenvalue weighted by atomic mass is 79.9. The summed E-state index contributed by atoms with van der Waals surface area (Å²) in [5, 5.41) is 10.2. The van der Waals surface area contributed by atoms with Crippen LogP contribution in [0.15, 0.2) is 34.9 Å². The Kier molecular flexibility index (Phi) is 3.63. The molecule has 0 aliphatic carbocycles. The van der Waals surface area contributed by atoms with Crippen molar-refractivity contribution in [2.24, 2.45) is 0 Å². The first-order chi connectivity index (χ1) is 8.47. The normalized spacial score (nSPS) is 12.4. The number of aliphatic hydroxyl groups excluding tert-OH is 1. The zero-order valence-electron chi connectivity index (χ0n) is 9.69. The minimum Gasteiger partial charge on any atom is -0.384 e. The number of halogens is 2. The summed E-state index contributed by atoms with van der Waals surface area (Å²) in [4.78, 5) is 3.98. The quantitative estimate of drug-likeness (QED) is 0.896. The van der Waals surface area contributed by atoms with Crippen molar-refractivity contribution < 1.29 is 9.50 Å². The molecule has 0 fully saturated rings. The lowest BCUT2D eigenvalue weighted by Crippen LogP contribution is -2.06. The molecular weight excluding hydrogens is 299 g/mol. The van der Waals surface area contributed by atoms with Gasteiger partial charge in [-0.1, -0.05) is 15.9 Å². The number of rotatable bonds is 2. The van der Waals surface area contributed by atoms with Crippen LogP contribution in [0.5, 0.6) is 0 Å². The molecule has 5 heteroatoms. The standard InChI is InChI=1S/C13H12BrFN2O/c1-7-2-11(13(16)17-6-7)12(18)8-3-9(14)5-10(15)4-8/h2-6,12,18H,1H3,(H2,16,17). The fourth-order valence-electron chi connectivity index (χ4n) is 1.73. The van der Waals surface area contributed by atoms with Crippen LogP contribution in [-0.4, -0.2) is 10.1 Å². The van der Waals surface area contributed by atoms with E-state index in [1.54, 1.807) is 18.3 Å². The first kappa shape index (κ1) is 13.0. The summed E-state index contributed by atoms with van der Waals surface area (Å²) in [6.45, 7) is 1.85. The summed E-state index contributed by atoms with van der Waals surface area (Å²) in [6, 6.07) is 5.99. The van der Waals surface area contributed by atoms with Gasteiger partial charge in [-0.2, -0.15) is 0 Å². The number of aromatic nitrogens is 1. The van der Waals surface area contributed by atoms with Gasteiger partial charge in [-0.3, -0.25) is 0 Å². The van der Waals surface area contributed by atoms with Crippen molar-refractivity contribution in [3.63, 3.8) is 0 Å². The molecule has 2 rings (SSSR count). The van der Waals surface area contributed by atoms with Gasteiger partial charge < -0.3 is 10.8 Å². The van der Waals surface area contributed by atoms with Crippen molar-refractivity contribution >= 4 is 21.7 Å². The van der Waals surface area contributed by atoms with Crippen molar-refractivity contribution in [1.82, 2.24) is 4.98 Å². The van der Waals surface area contributed by atoms with Crippen molar-refractivity contribution in [3.8, 4) is 0 Å². The molecule has 0 spiro atoms. The van der Waals surface area contributed by atoms with E-state index in [-0.39, 0.29) is 5.82 Å². The molecule has 18 heavy (non-hydrogen) atoms. The number of anilines is 1. The van der Waals surface area contributed by atoms with Gasteiger partial charge in [0.1, 0.15) is 17.7 Å². The summed E-state index contributed by atoms with van der Waals surface area (Å²) >= 11 is 3.19. The summed E-state index contributed by atoms with van der Waals surface area (Å²) in [6.07, 6.45) is 0.622. The first-order valence-electron chi connectivity index (χ1n) is 5.33. The Hall–Kier alpha value is -1.46. The Morgan fingerprint density at radius 1 is 1.33 bits per heavy atom. The Morgan fingerprint density at radius 3 is 2.72 bits per heavy atom. The SMILES string of the molecule is Cc1cnc(N)c(C(O)c2cc(F)cc(Br)c2)c1.